The summed E-state index contributed by atoms with van der Waals surface area (Å²) in [6, 6.07) is 6.29. The summed E-state index contributed by atoms with van der Waals surface area (Å²) in [5, 5.41) is 10.3. The van der Waals surface area contributed by atoms with Crippen molar-refractivity contribution in [3.05, 3.63) is 30.1 Å². The Morgan fingerprint density at radius 1 is 1.42 bits per heavy atom. The van der Waals surface area contributed by atoms with Crippen molar-refractivity contribution in [1.29, 1.82) is 0 Å². The van der Waals surface area contributed by atoms with E-state index in [1.165, 1.54) is 0 Å². The van der Waals surface area contributed by atoms with Gasteiger partial charge in [-0.2, -0.15) is 0 Å². The van der Waals surface area contributed by atoms with Gasteiger partial charge in [0.15, 0.2) is 0 Å². The molecule has 0 aliphatic heterocycles. The molecular formula is C16H26N2O. The minimum absolute atomic E-state index is 0.198. The zero-order chi connectivity index (χ0) is 13.9. The Kier molecular flexibility index (Phi) is 4.58. The van der Waals surface area contributed by atoms with Crippen LogP contribution in [0.4, 0.5) is 0 Å². The van der Waals surface area contributed by atoms with E-state index in [0.29, 0.717) is 5.41 Å². The first kappa shape index (κ1) is 14.5. The third-order valence-electron chi connectivity index (χ3n) is 4.29. The van der Waals surface area contributed by atoms with E-state index in [-0.39, 0.29) is 12.1 Å². The van der Waals surface area contributed by atoms with Gasteiger partial charge in [0.2, 0.25) is 0 Å². The maximum Gasteiger partial charge on any atom is 0.0695 e. The predicted octanol–water partition coefficient (Wildman–Crippen LogP) is 2.84. The molecule has 1 aromatic heterocycles. The average Bonchev–Trinajstić information content (AvgIpc) is 2.40. The molecule has 1 aliphatic rings. The van der Waals surface area contributed by atoms with Gasteiger partial charge in [-0.3, -0.25) is 9.88 Å². The van der Waals surface area contributed by atoms with Gasteiger partial charge < -0.3 is 5.11 Å². The van der Waals surface area contributed by atoms with Crippen LogP contribution in [0.15, 0.2) is 24.4 Å². The van der Waals surface area contributed by atoms with Gasteiger partial charge in [0.25, 0.3) is 0 Å². The summed E-state index contributed by atoms with van der Waals surface area (Å²) < 4.78 is 0. The summed E-state index contributed by atoms with van der Waals surface area (Å²) in [4.78, 5) is 6.77. The fraction of sp³-hybridized carbons (Fsp3) is 0.688. The molecule has 1 heterocycles. The van der Waals surface area contributed by atoms with Gasteiger partial charge in [0.1, 0.15) is 0 Å². The smallest absolute Gasteiger partial charge is 0.0695 e. The molecule has 1 N–H and O–H groups in total. The topological polar surface area (TPSA) is 36.4 Å². The second-order valence-corrected chi connectivity index (χ2v) is 6.43. The highest BCUT2D eigenvalue weighted by Gasteiger charge is 2.36. The molecule has 0 spiro atoms. The molecule has 19 heavy (non-hydrogen) atoms. The van der Waals surface area contributed by atoms with Crippen LogP contribution >= 0.6 is 0 Å². The SMILES string of the molecule is CCN(Cc1ccccn1)C1CC(C)(C)CCC1O. The Morgan fingerprint density at radius 2 is 2.21 bits per heavy atom. The van der Waals surface area contributed by atoms with Crippen molar-refractivity contribution < 1.29 is 5.11 Å². The van der Waals surface area contributed by atoms with Crippen molar-refractivity contribution >= 4 is 0 Å². The Hall–Kier alpha value is -0.930. The molecular weight excluding hydrogens is 236 g/mol. The largest absolute Gasteiger partial charge is 0.391 e. The Bertz CT molecular complexity index is 391. The number of aliphatic hydroxyl groups is 1. The van der Waals surface area contributed by atoms with Crippen LogP contribution in [0.5, 0.6) is 0 Å². The zero-order valence-corrected chi connectivity index (χ0v) is 12.3. The number of hydrogen-bond acceptors (Lipinski definition) is 3. The Balaban J connectivity index is 2.07. The molecule has 0 saturated heterocycles. The van der Waals surface area contributed by atoms with E-state index in [9.17, 15) is 5.11 Å². The molecule has 3 heteroatoms. The van der Waals surface area contributed by atoms with Crippen LogP contribution < -0.4 is 0 Å². The van der Waals surface area contributed by atoms with Gasteiger partial charge in [-0.1, -0.05) is 26.8 Å². The molecule has 2 rings (SSSR count). The van der Waals surface area contributed by atoms with Crippen molar-refractivity contribution in [3.63, 3.8) is 0 Å². The van der Waals surface area contributed by atoms with E-state index in [1.807, 2.05) is 18.3 Å². The minimum atomic E-state index is -0.198. The highest BCUT2D eigenvalue weighted by Crippen LogP contribution is 2.37. The zero-order valence-electron chi connectivity index (χ0n) is 12.3. The normalized spacial score (nSPS) is 26.6. The van der Waals surface area contributed by atoms with Gasteiger partial charge in [0.05, 0.1) is 11.8 Å². The first-order valence-corrected chi connectivity index (χ1v) is 7.34. The van der Waals surface area contributed by atoms with Crippen molar-refractivity contribution in [2.75, 3.05) is 6.54 Å². The number of nitrogens with zero attached hydrogens (tertiary/aromatic N) is 2. The van der Waals surface area contributed by atoms with E-state index >= 15 is 0 Å². The first-order valence-electron chi connectivity index (χ1n) is 7.34. The van der Waals surface area contributed by atoms with E-state index in [1.54, 1.807) is 0 Å². The van der Waals surface area contributed by atoms with Gasteiger partial charge in [-0.05, 0) is 43.4 Å². The quantitative estimate of drug-likeness (QED) is 0.906. The van der Waals surface area contributed by atoms with Gasteiger partial charge in [-0.15, -0.1) is 0 Å². The summed E-state index contributed by atoms with van der Waals surface area (Å²) in [6.07, 6.45) is 4.73. The molecule has 1 aliphatic carbocycles. The summed E-state index contributed by atoms with van der Waals surface area (Å²) in [6.45, 7) is 8.56. The molecule has 3 nitrogen and oxygen atoms in total. The number of hydrogen-bond donors (Lipinski definition) is 1. The van der Waals surface area contributed by atoms with E-state index in [4.69, 9.17) is 0 Å². The van der Waals surface area contributed by atoms with Gasteiger partial charge >= 0.3 is 0 Å². The number of aromatic nitrogens is 1. The van der Waals surface area contributed by atoms with Crippen LogP contribution in [0.2, 0.25) is 0 Å². The molecule has 1 fully saturated rings. The second kappa shape index (κ2) is 6.02. The van der Waals surface area contributed by atoms with Crippen LogP contribution in [0.1, 0.15) is 45.7 Å². The Labute approximate surface area is 116 Å². The average molecular weight is 262 g/mol. The fourth-order valence-corrected chi connectivity index (χ4v) is 3.07. The molecule has 2 unspecified atom stereocenters. The predicted molar refractivity (Wildman–Crippen MR) is 77.7 cm³/mol. The monoisotopic (exact) mass is 262 g/mol. The van der Waals surface area contributed by atoms with Crippen LogP contribution in [-0.4, -0.2) is 33.7 Å². The van der Waals surface area contributed by atoms with E-state index in [0.717, 1.165) is 38.0 Å². The van der Waals surface area contributed by atoms with Crippen molar-refractivity contribution in [2.24, 2.45) is 5.41 Å². The van der Waals surface area contributed by atoms with Crippen LogP contribution in [0.3, 0.4) is 0 Å². The van der Waals surface area contributed by atoms with Crippen molar-refractivity contribution in [1.82, 2.24) is 9.88 Å². The van der Waals surface area contributed by atoms with E-state index in [2.05, 4.69) is 36.7 Å². The first-order chi connectivity index (χ1) is 9.02. The molecule has 0 amide bonds. The third kappa shape index (κ3) is 3.77. The third-order valence-corrected chi connectivity index (χ3v) is 4.29. The molecule has 1 saturated carbocycles. The van der Waals surface area contributed by atoms with Crippen molar-refractivity contribution in [3.8, 4) is 0 Å². The molecule has 1 aromatic rings. The molecule has 106 valence electrons. The van der Waals surface area contributed by atoms with Crippen LogP contribution in [0, 0.1) is 5.41 Å². The lowest BCUT2D eigenvalue weighted by Crippen LogP contribution is -2.48. The maximum atomic E-state index is 10.3. The summed E-state index contributed by atoms with van der Waals surface area (Å²) in [7, 11) is 0. The van der Waals surface area contributed by atoms with Crippen LogP contribution in [0.25, 0.3) is 0 Å². The highest BCUT2D eigenvalue weighted by molar-refractivity contribution is 5.04. The second-order valence-electron chi connectivity index (χ2n) is 6.43. The van der Waals surface area contributed by atoms with Gasteiger partial charge in [0, 0.05) is 18.8 Å². The lowest BCUT2D eigenvalue weighted by atomic mass is 9.73. The maximum absolute atomic E-state index is 10.3. The number of likely N-dealkylation sites (N-methyl/N-ethyl adjacent to an activating group) is 1. The molecule has 0 bridgehead atoms. The summed E-state index contributed by atoms with van der Waals surface area (Å²) in [5.41, 5.74) is 1.42. The van der Waals surface area contributed by atoms with Crippen molar-refractivity contribution in [2.45, 2.75) is 58.7 Å². The molecule has 0 radical (unpaired) electrons. The summed E-state index contributed by atoms with van der Waals surface area (Å²) >= 11 is 0. The molecule has 0 aromatic carbocycles. The summed E-state index contributed by atoms with van der Waals surface area (Å²) in [5.74, 6) is 0. The standard InChI is InChI=1S/C16H26N2O/c1-4-18(12-13-7-5-6-10-17-13)14-11-16(2,3)9-8-15(14)19/h5-7,10,14-15,19H,4,8-9,11-12H2,1-3H3. The lowest BCUT2D eigenvalue weighted by Gasteiger charge is -2.43. The Morgan fingerprint density at radius 3 is 2.84 bits per heavy atom. The highest BCUT2D eigenvalue weighted by atomic mass is 16.3. The van der Waals surface area contributed by atoms with Gasteiger partial charge in [-0.25, -0.2) is 0 Å². The lowest BCUT2D eigenvalue weighted by molar-refractivity contribution is -0.0191. The number of pyridine rings is 1. The minimum Gasteiger partial charge on any atom is -0.391 e. The van der Waals surface area contributed by atoms with E-state index < -0.39 is 0 Å². The number of rotatable bonds is 4. The van der Waals surface area contributed by atoms with Crippen LogP contribution in [-0.2, 0) is 6.54 Å². The molecule has 2 atom stereocenters. The number of aliphatic hydroxyl groups excluding tert-OH is 1. The fourth-order valence-electron chi connectivity index (χ4n) is 3.07.